The van der Waals surface area contributed by atoms with Gasteiger partial charge in [-0.15, -0.1) is 11.3 Å². The Kier molecular flexibility index (Phi) is 5.75. The highest BCUT2D eigenvalue weighted by Gasteiger charge is 2.12. The molecule has 0 N–H and O–H groups in total. The van der Waals surface area contributed by atoms with E-state index in [1.807, 2.05) is 11.3 Å². The van der Waals surface area contributed by atoms with E-state index in [0.29, 0.717) is 0 Å². The van der Waals surface area contributed by atoms with Crippen LogP contribution in [0.4, 0.5) is 0 Å². The van der Waals surface area contributed by atoms with Gasteiger partial charge in [-0.3, -0.25) is 0 Å². The topological polar surface area (TPSA) is 0 Å². The highest BCUT2D eigenvalue weighted by molar-refractivity contribution is 7.18. The second kappa shape index (κ2) is 8.01. The Labute approximate surface area is 156 Å². The molecule has 3 aromatic rings. The molecule has 1 aromatic heterocycles. The van der Waals surface area contributed by atoms with E-state index in [2.05, 4.69) is 76.2 Å². The van der Waals surface area contributed by atoms with Gasteiger partial charge in [0.25, 0.3) is 0 Å². The van der Waals surface area contributed by atoms with Crippen molar-refractivity contribution in [2.75, 3.05) is 0 Å². The summed E-state index contributed by atoms with van der Waals surface area (Å²) in [7, 11) is 0. The predicted octanol–water partition coefficient (Wildman–Crippen LogP) is 7.33. The van der Waals surface area contributed by atoms with Gasteiger partial charge in [-0.05, 0) is 71.2 Å². The minimum absolute atomic E-state index is 1.09. The van der Waals surface area contributed by atoms with Crippen molar-refractivity contribution >= 4 is 11.3 Å². The number of hydrogen-bond donors (Lipinski definition) is 0. The van der Waals surface area contributed by atoms with Crippen LogP contribution in [0.15, 0.2) is 48.5 Å². The van der Waals surface area contributed by atoms with Crippen molar-refractivity contribution in [1.29, 1.82) is 0 Å². The first kappa shape index (κ1) is 17.9. The van der Waals surface area contributed by atoms with Crippen LogP contribution >= 0.6 is 11.3 Å². The Hall–Kier alpha value is -1.86. The lowest BCUT2D eigenvalue weighted by molar-refractivity contribution is 1.09. The highest BCUT2D eigenvalue weighted by Crippen LogP contribution is 2.38. The summed E-state index contributed by atoms with van der Waals surface area (Å²) < 4.78 is 0. The molecule has 0 bridgehead atoms. The lowest BCUT2D eigenvalue weighted by Gasteiger charge is -2.11. The fraction of sp³-hybridized carbons (Fsp3) is 0.333. The SMILES string of the molecule is CCc1cc(CC)cc(-c2ccc(-c3c(CC)cccc3CC)s2)c1. The zero-order valence-corrected chi connectivity index (χ0v) is 16.7. The number of hydrogen-bond acceptors (Lipinski definition) is 1. The molecule has 0 atom stereocenters. The van der Waals surface area contributed by atoms with Gasteiger partial charge < -0.3 is 0 Å². The van der Waals surface area contributed by atoms with Gasteiger partial charge in [-0.2, -0.15) is 0 Å². The second-order valence-electron chi connectivity index (χ2n) is 6.57. The van der Waals surface area contributed by atoms with E-state index in [0.717, 1.165) is 25.7 Å². The van der Waals surface area contributed by atoms with Crippen molar-refractivity contribution in [2.24, 2.45) is 0 Å². The minimum Gasteiger partial charge on any atom is -0.135 e. The Morgan fingerprint density at radius 2 is 1.20 bits per heavy atom. The molecule has 0 saturated heterocycles. The predicted molar refractivity (Wildman–Crippen MR) is 113 cm³/mol. The van der Waals surface area contributed by atoms with Crippen molar-refractivity contribution < 1.29 is 0 Å². The van der Waals surface area contributed by atoms with Crippen LogP contribution in [0.5, 0.6) is 0 Å². The van der Waals surface area contributed by atoms with Crippen LogP contribution in [0.3, 0.4) is 0 Å². The number of thiophene rings is 1. The normalized spacial score (nSPS) is 11.0. The van der Waals surface area contributed by atoms with E-state index in [1.165, 1.54) is 43.1 Å². The third-order valence-electron chi connectivity index (χ3n) is 5.00. The molecule has 0 aliphatic carbocycles. The third kappa shape index (κ3) is 3.72. The second-order valence-corrected chi connectivity index (χ2v) is 7.65. The molecule has 3 rings (SSSR count). The van der Waals surface area contributed by atoms with E-state index in [1.54, 1.807) is 0 Å². The Bertz CT molecular complexity index is 810. The van der Waals surface area contributed by atoms with Gasteiger partial charge >= 0.3 is 0 Å². The van der Waals surface area contributed by atoms with E-state index in [-0.39, 0.29) is 0 Å². The first-order chi connectivity index (χ1) is 12.2. The fourth-order valence-electron chi connectivity index (χ4n) is 3.50. The molecule has 130 valence electrons. The van der Waals surface area contributed by atoms with Gasteiger partial charge in [0.15, 0.2) is 0 Å². The quantitative estimate of drug-likeness (QED) is 0.437. The molecule has 0 saturated carbocycles. The summed E-state index contributed by atoms with van der Waals surface area (Å²) in [4.78, 5) is 2.79. The van der Waals surface area contributed by atoms with Gasteiger partial charge in [0.1, 0.15) is 0 Å². The lowest BCUT2D eigenvalue weighted by Crippen LogP contribution is -1.92. The summed E-state index contributed by atoms with van der Waals surface area (Å²) >= 11 is 1.94. The molecule has 0 amide bonds. The first-order valence-corrected chi connectivity index (χ1v) is 10.4. The standard InChI is InChI=1S/C24H28S/c1-5-17-14-18(6-2)16-21(15-17)22-12-13-23(25-22)24-19(7-3)10-9-11-20(24)8-4/h9-16H,5-8H2,1-4H3. The zero-order valence-electron chi connectivity index (χ0n) is 15.9. The minimum atomic E-state index is 1.09. The van der Waals surface area contributed by atoms with Gasteiger partial charge in [-0.25, -0.2) is 0 Å². The highest BCUT2D eigenvalue weighted by atomic mass is 32.1. The summed E-state index contributed by atoms with van der Waals surface area (Å²) in [5.41, 5.74) is 8.64. The average molecular weight is 349 g/mol. The maximum atomic E-state index is 2.36. The molecule has 0 unspecified atom stereocenters. The molecule has 0 fully saturated rings. The number of aryl methyl sites for hydroxylation is 4. The molecule has 25 heavy (non-hydrogen) atoms. The lowest BCUT2D eigenvalue weighted by atomic mass is 9.96. The monoisotopic (exact) mass is 348 g/mol. The van der Waals surface area contributed by atoms with Crippen LogP contribution < -0.4 is 0 Å². The average Bonchev–Trinajstić information content (AvgIpc) is 3.16. The molecule has 0 aliphatic heterocycles. The summed E-state index contributed by atoms with van der Waals surface area (Å²) in [6.45, 7) is 8.99. The van der Waals surface area contributed by atoms with Crippen molar-refractivity contribution in [2.45, 2.75) is 53.4 Å². The molecule has 2 aromatic carbocycles. The van der Waals surface area contributed by atoms with Gasteiger partial charge in [0.05, 0.1) is 0 Å². The molecule has 0 radical (unpaired) electrons. The molecule has 0 aliphatic rings. The maximum absolute atomic E-state index is 2.36. The molecular formula is C24H28S. The van der Waals surface area contributed by atoms with Crippen molar-refractivity contribution in [1.82, 2.24) is 0 Å². The number of rotatable bonds is 6. The van der Waals surface area contributed by atoms with Crippen LogP contribution in [0.25, 0.3) is 20.9 Å². The van der Waals surface area contributed by atoms with E-state index in [9.17, 15) is 0 Å². The largest absolute Gasteiger partial charge is 0.135 e. The Morgan fingerprint density at radius 1 is 0.640 bits per heavy atom. The van der Waals surface area contributed by atoms with Gasteiger partial charge in [0.2, 0.25) is 0 Å². The summed E-state index contributed by atoms with van der Waals surface area (Å²) in [5.74, 6) is 0. The number of benzene rings is 2. The summed E-state index contributed by atoms with van der Waals surface area (Å²) in [6, 6.07) is 18.5. The van der Waals surface area contributed by atoms with Crippen LogP contribution in [-0.4, -0.2) is 0 Å². The van der Waals surface area contributed by atoms with Crippen LogP contribution in [-0.2, 0) is 25.7 Å². The Morgan fingerprint density at radius 3 is 1.72 bits per heavy atom. The van der Waals surface area contributed by atoms with Crippen molar-refractivity contribution in [3.8, 4) is 20.9 Å². The molecule has 0 spiro atoms. The molecule has 0 nitrogen and oxygen atoms in total. The van der Waals surface area contributed by atoms with Crippen LogP contribution in [0, 0.1) is 0 Å². The Balaban J connectivity index is 2.08. The van der Waals surface area contributed by atoms with Crippen LogP contribution in [0.1, 0.15) is 49.9 Å². The van der Waals surface area contributed by atoms with E-state index >= 15 is 0 Å². The van der Waals surface area contributed by atoms with Crippen molar-refractivity contribution in [3.63, 3.8) is 0 Å². The smallest absolute Gasteiger partial charge is 0.0354 e. The maximum Gasteiger partial charge on any atom is 0.0354 e. The van der Waals surface area contributed by atoms with E-state index < -0.39 is 0 Å². The van der Waals surface area contributed by atoms with Crippen LogP contribution in [0.2, 0.25) is 0 Å². The van der Waals surface area contributed by atoms with Crippen molar-refractivity contribution in [3.05, 3.63) is 70.8 Å². The van der Waals surface area contributed by atoms with Gasteiger partial charge in [0, 0.05) is 9.75 Å². The fourth-order valence-corrected chi connectivity index (χ4v) is 4.61. The molecule has 1 heteroatoms. The first-order valence-electron chi connectivity index (χ1n) is 9.54. The van der Waals surface area contributed by atoms with E-state index in [4.69, 9.17) is 0 Å². The molecule has 1 heterocycles. The summed E-state index contributed by atoms with van der Waals surface area (Å²) in [6.07, 6.45) is 4.36. The van der Waals surface area contributed by atoms with Gasteiger partial charge in [-0.1, -0.05) is 64.1 Å². The zero-order chi connectivity index (χ0) is 17.8. The summed E-state index contributed by atoms with van der Waals surface area (Å²) in [5, 5.41) is 0. The third-order valence-corrected chi connectivity index (χ3v) is 6.16. The molecular weight excluding hydrogens is 320 g/mol.